The maximum Gasteiger partial charge on any atom is 0.112 e. The molecule has 0 saturated carbocycles. The lowest BCUT2D eigenvalue weighted by atomic mass is 9.68. The molecule has 1 aliphatic rings. The van der Waals surface area contributed by atoms with E-state index in [-0.39, 0.29) is 17.4 Å². The topological polar surface area (TPSA) is 40.5 Å². The Hall–Kier alpha value is -1.64. The van der Waals surface area contributed by atoms with Crippen LogP contribution in [-0.2, 0) is 24.0 Å². The smallest absolute Gasteiger partial charge is 0.112 e. The summed E-state index contributed by atoms with van der Waals surface area (Å²) in [6, 6.07) is 13.9. The van der Waals surface area contributed by atoms with Gasteiger partial charge in [-0.15, -0.1) is 0 Å². The van der Waals surface area contributed by atoms with Crippen LogP contribution in [0.4, 0.5) is 0 Å². The Bertz CT molecular complexity index is 752. The van der Waals surface area contributed by atoms with Gasteiger partial charge in [0.15, 0.2) is 0 Å². The number of hydrogen-bond donors (Lipinski definition) is 2. The minimum absolute atomic E-state index is 0.0184. The largest absolute Gasteiger partial charge is 0.392 e. The van der Waals surface area contributed by atoms with Crippen LogP contribution in [0.25, 0.3) is 0 Å². The SMILES string of the molecule is CC(O)(c1ccc(CO)cc1)c1ccc2c(c1)C(C)(C)C(C)(C)C2. The fourth-order valence-corrected chi connectivity index (χ4v) is 3.78. The Labute approximate surface area is 145 Å². The van der Waals surface area contributed by atoms with Gasteiger partial charge in [-0.3, -0.25) is 0 Å². The summed E-state index contributed by atoms with van der Waals surface area (Å²) in [6.07, 6.45) is 1.07. The molecule has 0 heterocycles. The molecule has 0 bridgehead atoms. The van der Waals surface area contributed by atoms with Crippen LogP contribution in [0.1, 0.15) is 62.4 Å². The fourth-order valence-electron chi connectivity index (χ4n) is 3.78. The summed E-state index contributed by atoms with van der Waals surface area (Å²) >= 11 is 0. The summed E-state index contributed by atoms with van der Waals surface area (Å²) in [4.78, 5) is 0. The molecule has 2 nitrogen and oxygen atoms in total. The van der Waals surface area contributed by atoms with Crippen LogP contribution in [0.15, 0.2) is 42.5 Å². The van der Waals surface area contributed by atoms with Crippen molar-refractivity contribution in [2.24, 2.45) is 5.41 Å². The molecule has 128 valence electrons. The summed E-state index contributed by atoms with van der Waals surface area (Å²) in [6.45, 7) is 11.1. The van der Waals surface area contributed by atoms with Gasteiger partial charge in [-0.05, 0) is 52.0 Å². The van der Waals surface area contributed by atoms with Gasteiger partial charge in [-0.2, -0.15) is 0 Å². The average molecular weight is 324 g/mol. The Morgan fingerprint density at radius 2 is 1.54 bits per heavy atom. The van der Waals surface area contributed by atoms with Gasteiger partial charge < -0.3 is 10.2 Å². The summed E-state index contributed by atoms with van der Waals surface area (Å²) in [5.74, 6) is 0. The van der Waals surface area contributed by atoms with Crippen molar-refractivity contribution in [3.8, 4) is 0 Å². The van der Waals surface area contributed by atoms with Crippen LogP contribution in [0.2, 0.25) is 0 Å². The second-order valence-corrected chi connectivity index (χ2v) is 8.48. The molecule has 24 heavy (non-hydrogen) atoms. The van der Waals surface area contributed by atoms with Crippen molar-refractivity contribution in [3.63, 3.8) is 0 Å². The molecule has 2 heteroatoms. The van der Waals surface area contributed by atoms with Crippen LogP contribution in [0.5, 0.6) is 0 Å². The average Bonchev–Trinajstić information content (AvgIpc) is 2.72. The lowest BCUT2D eigenvalue weighted by molar-refractivity contribution is 0.102. The summed E-state index contributed by atoms with van der Waals surface area (Å²) in [7, 11) is 0. The van der Waals surface area contributed by atoms with Gasteiger partial charge in [0, 0.05) is 0 Å². The lowest BCUT2D eigenvalue weighted by Crippen LogP contribution is -2.32. The fraction of sp³-hybridized carbons (Fsp3) is 0.455. The van der Waals surface area contributed by atoms with Gasteiger partial charge in [0.2, 0.25) is 0 Å². The molecule has 1 unspecified atom stereocenters. The van der Waals surface area contributed by atoms with Gasteiger partial charge in [0.25, 0.3) is 0 Å². The summed E-state index contributed by atoms with van der Waals surface area (Å²) < 4.78 is 0. The number of benzene rings is 2. The van der Waals surface area contributed by atoms with E-state index >= 15 is 0 Å². The van der Waals surface area contributed by atoms with E-state index in [9.17, 15) is 10.2 Å². The monoisotopic (exact) mass is 324 g/mol. The molecule has 0 fully saturated rings. The molecule has 2 aromatic carbocycles. The van der Waals surface area contributed by atoms with E-state index in [1.54, 1.807) is 0 Å². The molecular formula is C22H28O2. The third kappa shape index (κ3) is 2.49. The highest BCUT2D eigenvalue weighted by atomic mass is 16.3. The van der Waals surface area contributed by atoms with E-state index in [1.165, 1.54) is 11.1 Å². The number of aliphatic hydroxyl groups excluding tert-OH is 1. The first-order chi connectivity index (χ1) is 11.1. The Morgan fingerprint density at radius 3 is 2.12 bits per heavy atom. The van der Waals surface area contributed by atoms with Gasteiger partial charge in [0.05, 0.1) is 6.61 Å². The van der Waals surface area contributed by atoms with Crippen LogP contribution in [0.3, 0.4) is 0 Å². The van der Waals surface area contributed by atoms with Crippen molar-refractivity contribution < 1.29 is 10.2 Å². The van der Waals surface area contributed by atoms with Crippen LogP contribution >= 0.6 is 0 Å². The van der Waals surface area contributed by atoms with E-state index < -0.39 is 5.60 Å². The lowest BCUT2D eigenvalue weighted by Gasteiger charge is -2.36. The van der Waals surface area contributed by atoms with Crippen molar-refractivity contribution in [2.75, 3.05) is 0 Å². The first-order valence-electron chi connectivity index (χ1n) is 8.66. The van der Waals surface area contributed by atoms with E-state index in [2.05, 4.69) is 45.9 Å². The molecule has 0 aromatic heterocycles. The molecule has 2 N–H and O–H groups in total. The first-order valence-corrected chi connectivity index (χ1v) is 8.66. The summed E-state index contributed by atoms with van der Waals surface area (Å²) in [5, 5.41) is 20.4. The Balaban J connectivity index is 2.04. The number of fused-ring (bicyclic) bond motifs is 1. The molecule has 2 aromatic rings. The second-order valence-electron chi connectivity index (χ2n) is 8.48. The van der Waals surface area contributed by atoms with E-state index in [0.717, 1.165) is 23.1 Å². The predicted molar refractivity (Wildman–Crippen MR) is 98.0 cm³/mol. The van der Waals surface area contributed by atoms with Crippen molar-refractivity contribution in [2.45, 2.75) is 58.7 Å². The number of rotatable bonds is 3. The highest BCUT2D eigenvalue weighted by Crippen LogP contribution is 2.51. The van der Waals surface area contributed by atoms with Gasteiger partial charge in [0.1, 0.15) is 5.60 Å². The predicted octanol–water partition coefficient (Wildman–Crippen LogP) is 4.29. The third-order valence-electron chi connectivity index (χ3n) is 6.37. The van der Waals surface area contributed by atoms with Crippen LogP contribution in [0, 0.1) is 5.41 Å². The van der Waals surface area contributed by atoms with Crippen molar-refractivity contribution in [1.29, 1.82) is 0 Å². The maximum atomic E-state index is 11.2. The van der Waals surface area contributed by atoms with E-state index in [4.69, 9.17) is 0 Å². The standard InChI is InChI=1S/C22H28O2/c1-20(2)13-16-8-11-18(12-19(16)21(20,3)4)22(5,24)17-9-6-15(14-23)7-10-17/h6-12,23-24H,13-14H2,1-5H3. The number of aliphatic hydroxyl groups is 2. The second kappa shape index (κ2) is 5.44. The molecule has 0 spiro atoms. The molecular weight excluding hydrogens is 296 g/mol. The van der Waals surface area contributed by atoms with Crippen molar-refractivity contribution in [1.82, 2.24) is 0 Å². The highest BCUT2D eigenvalue weighted by Gasteiger charge is 2.45. The zero-order chi connectivity index (χ0) is 17.8. The molecule has 0 saturated heterocycles. The summed E-state index contributed by atoms with van der Waals surface area (Å²) in [5.41, 5.74) is 4.59. The minimum Gasteiger partial charge on any atom is -0.392 e. The molecule has 0 aliphatic heterocycles. The molecule has 3 rings (SSSR count). The molecule has 0 amide bonds. The zero-order valence-electron chi connectivity index (χ0n) is 15.4. The minimum atomic E-state index is -1.05. The molecule has 1 atom stereocenters. The highest BCUT2D eigenvalue weighted by molar-refractivity contribution is 5.47. The van der Waals surface area contributed by atoms with Crippen molar-refractivity contribution >= 4 is 0 Å². The Morgan fingerprint density at radius 1 is 0.958 bits per heavy atom. The normalized spacial score (nSPS) is 20.5. The van der Waals surface area contributed by atoms with E-state index in [1.807, 2.05) is 31.2 Å². The number of hydrogen-bond acceptors (Lipinski definition) is 2. The Kier molecular flexibility index (Phi) is 3.89. The third-order valence-corrected chi connectivity index (χ3v) is 6.37. The van der Waals surface area contributed by atoms with E-state index in [0.29, 0.717) is 0 Å². The maximum absolute atomic E-state index is 11.2. The van der Waals surface area contributed by atoms with Crippen LogP contribution < -0.4 is 0 Å². The van der Waals surface area contributed by atoms with Gasteiger partial charge in [-0.25, -0.2) is 0 Å². The van der Waals surface area contributed by atoms with Gasteiger partial charge >= 0.3 is 0 Å². The van der Waals surface area contributed by atoms with Crippen LogP contribution in [-0.4, -0.2) is 10.2 Å². The van der Waals surface area contributed by atoms with Gasteiger partial charge in [-0.1, -0.05) is 70.2 Å². The molecule has 0 radical (unpaired) electrons. The van der Waals surface area contributed by atoms with Crippen molar-refractivity contribution in [3.05, 3.63) is 70.3 Å². The zero-order valence-corrected chi connectivity index (χ0v) is 15.4. The first kappa shape index (κ1) is 17.2. The molecule has 1 aliphatic carbocycles. The quantitative estimate of drug-likeness (QED) is 0.884.